The Kier molecular flexibility index (Phi) is 4.18. The molecule has 16 heavy (non-hydrogen) atoms. The van der Waals surface area contributed by atoms with Crippen LogP contribution in [0.1, 0.15) is 4.88 Å². The van der Waals surface area contributed by atoms with Gasteiger partial charge in [0.05, 0.1) is 13.2 Å². The summed E-state index contributed by atoms with van der Waals surface area (Å²) in [4.78, 5) is 7.84. The van der Waals surface area contributed by atoms with Gasteiger partial charge in [-0.15, -0.1) is 11.3 Å². The Balaban J connectivity index is 1.77. The van der Waals surface area contributed by atoms with Crippen LogP contribution in [-0.2, 0) is 11.2 Å². The van der Waals surface area contributed by atoms with Gasteiger partial charge in [-0.05, 0) is 11.4 Å². The van der Waals surface area contributed by atoms with Gasteiger partial charge in [0.15, 0.2) is 5.96 Å². The molecule has 0 bridgehead atoms. The Morgan fingerprint density at radius 2 is 2.31 bits per heavy atom. The topological polar surface area (TPSA) is 50.8 Å². The van der Waals surface area contributed by atoms with Gasteiger partial charge in [-0.3, -0.25) is 4.99 Å². The van der Waals surface area contributed by atoms with E-state index in [1.54, 1.807) is 11.3 Å². The highest BCUT2D eigenvalue weighted by atomic mass is 32.1. The SMILES string of the molecule is NC(=NCCc1cccs1)N1CCOCC1. The number of aliphatic imine (C=N–C) groups is 1. The molecule has 88 valence electrons. The van der Waals surface area contributed by atoms with Crippen LogP contribution in [0.25, 0.3) is 0 Å². The molecule has 1 aromatic rings. The lowest BCUT2D eigenvalue weighted by atomic mass is 10.3. The third-order valence-corrected chi connectivity index (χ3v) is 3.48. The Labute approximate surface area is 99.7 Å². The van der Waals surface area contributed by atoms with Crippen LogP contribution in [0.5, 0.6) is 0 Å². The second-order valence-corrected chi connectivity index (χ2v) is 4.70. The molecule has 0 radical (unpaired) electrons. The van der Waals surface area contributed by atoms with E-state index >= 15 is 0 Å². The van der Waals surface area contributed by atoms with E-state index in [1.165, 1.54) is 4.88 Å². The summed E-state index contributed by atoms with van der Waals surface area (Å²) >= 11 is 1.77. The van der Waals surface area contributed by atoms with Crippen LogP contribution in [0.2, 0.25) is 0 Å². The summed E-state index contributed by atoms with van der Waals surface area (Å²) in [6, 6.07) is 4.19. The van der Waals surface area contributed by atoms with Gasteiger partial charge in [-0.1, -0.05) is 6.07 Å². The maximum absolute atomic E-state index is 5.91. The lowest BCUT2D eigenvalue weighted by molar-refractivity contribution is 0.0674. The summed E-state index contributed by atoms with van der Waals surface area (Å²) in [5, 5.41) is 2.09. The standard InChI is InChI=1S/C11H17N3OS/c12-11(14-5-7-15-8-6-14)13-4-3-10-2-1-9-16-10/h1-2,9H,3-8H2,(H2,12,13). The predicted octanol–water partition coefficient (Wildman–Crippen LogP) is 0.937. The van der Waals surface area contributed by atoms with Crippen molar-refractivity contribution in [3.8, 4) is 0 Å². The molecule has 1 fully saturated rings. The van der Waals surface area contributed by atoms with Crippen LogP contribution >= 0.6 is 11.3 Å². The monoisotopic (exact) mass is 239 g/mol. The molecule has 0 saturated carbocycles. The molecular weight excluding hydrogens is 222 g/mol. The van der Waals surface area contributed by atoms with Crippen molar-refractivity contribution in [2.24, 2.45) is 10.7 Å². The number of guanidine groups is 1. The number of thiophene rings is 1. The molecule has 0 spiro atoms. The molecule has 1 aromatic heterocycles. The molecule has 1 aliphatic rings. The van der Waals surface area contributed by atoms with E-state index in [4.69, 9.17) is 10.5 Å². The highest BCUT2D eigenvalue weighted by molar-refractivity contribution is 7.09. The molecule has 0 unspecified atom stereocenters. The molecule has 1 saturated heterocycles. The zero-order valence-electron chi connectivity index (χ0n) is 9.26. The average Bonchev–Trinajstić information content (AvgIpc) is 2.83. The molecule has 0 amide bonds. The number of nitrogens with two attached hydrogens (primary N) is 1. The fraction of sp³-hybridized carbons (Fsp3) is 0.545. The predicted molar refractivity (Wildman–Crippen MR) is 66.9 cm³/mol. The van der Waals surface area contributed by atoms with Gasteiger partial charge in [0.1, 0.15) is 0 Å². The minimum Gasteiger partial charge on any atom is -0.378 e. The summed E-state index contributed by atoms with van der Waals surface area (Å²) in [5.41, 5.74) is 5.91. The molecule has 0 atom stereocenters. The van der Waals surface area contributed by atoms with Crippen LogP contribution in [0, 0.1) is 0 Å². The summed E-state index contributed by atoms with van der Waals surface area (Å²) < 4.78 is 5.26. The normalized spacial score (nSPS) is 17.8. The third kappa shape index (κ3) is 3.21. The number of hydrogen-bond acceptors (Lipinski definition) is 3. The maximum Gasteiger partial charge on any atom is 0.191 e. The smallest absolute Gasteiger partial charge is 0.191 e. The van der Waals surface area contributed by atoms with Gasteiger partial charge >= 0.3 is 0 Å². The van der Waals surface area contributed by atoms with Gasteiger partial charge in [0.25, 0.3) is 0 Å². The quantitative estimate of drug-likeness (QED) is 0.631. The van der Waals surface area contributed by atoms with Gasteiger partial charge in [0.2, 0.25) is 0 Å². The number of hydrogen-bond donors (Lipinski definition) is 1. The molecule has 2 heterocycles. The fourth-order valence-corrected chi connectivity index (χ4v) is 2.33. The molecule has 0 aromatic carbocycles. The number of ether oxygens (including phenoxy) is 1. The van der Waals surface area contributed by atoms with E-state index in [0.717, 1.165) is 39.3 Å². The Morgan fingerprint density at radius 1 is 1.50 bits per heavy atom. The number of rotatable bonds is 3. The number of morpholine rings is 1. The van der Waals surface area contributed by atoms with Crippen molar-refractivity contribution in [1.82, 2.24) is 4.90 Å². The summed E-state index contributed by atoms with van der Waals surface area (Å²) in [7, 11) is 0. The first-order chi connectivity index (χ1) is 7.86. The van der Waals surface area contributed by atoms with E-state index in [1.807, 2.05) is 0 Å². The van der Waals surface area contributed by atoms with Crippen molar-refractivity contribution in [1.29, 1.82) is 0 Å². The van der Waals surface area contributed by atoms with Crippen molar-refractivity contribution in [2.45, 2.75) is 6.42 Å². The van der Waals surface area contributed by atoms with Crippen LogP contribution in [0.15, 0.2) is 22.5 Å². The fourth-order valence-electron chi connectivity index (χ4n) is 1.63. The minimum atomic E-state index is 0.653. The van der Waals surface area contributed by atoms with Crippen LogP contribution in [0.4, 0.5) is 0 Å². The van der Waals surface area contributed by atoms with E-state index < -0.39 is 0 Å². The average molecular weight is 239 g/mol. The third-order valence-electron chi connectivity index (χ3n) is 2.55. The second-order valence-electron chi connectivity index (χ2n) is 3.67. The highest BCUT2D eigenvalue weighted by Gasteiger charge is 2.11. The maximum atomic E-state index is 5.91. The van der Waals surface area contributed by atoms with E-state index in [-0.39, 0.29) is 0 Å². The molecule has 1 aliphatic heterocycles. The van der Waals surface area contributed by atoms with Crippen molar-refractivity contribution in [3.05, 3.63) is 22.4 Å². The van der Waals surface area contributed by atoms with Crippen LogP contribution < -0.4 is 5.73 Å². The highest BCUT2D eigenvalue weighted by Crippen LogP contribution is 2.08. The van der Waals surface area contributed by atoms with Crippen LogP contribution in [0.3, 0.4) is 0 Å². The molecule has 2 rings (SSSR count). The van der Waals surface area contributed by atoms with Crippen molar-refractivity contribution in [2.75, 3.05) is 32.8 Å². The minimum absolute atomic E-state index is 0.653. The molecular formula is C11H17N3OS. The molecule has 5 heteroatoms. The Morgan fingerprint density at radius 3 is 3.00 bits per heavy atom. The van der Waals surface area contributed by atoms with Gasteiger partial charge in [0, 0.05) is 30.9 Å². The molecule has 2 N–H and O–H groups in total. The van der Waals surface area contributed by atoms with Gasteiger partial charge in [-0.2, -0.15) is 0 Å². The lowest BCUT2D eigenvalue weighted by Crippen LogP contribution is -2.44. The van der Waals surface area contributed by atoms with Gasteiger partial charge < -0.3 is 15.4 Å². The van der Waals surface area contributed by atoms with E-state index in [2.05, 4.69) is 27.4 Å². The largest absolute Gasteiger partial charge is 0.378 e. The zero-order valence-corrected chi connectivity index (χ0v) is 10.1. The first-order valence-electron chi connectivity index (χ1n) is 5.51. The summed E-state index contributed by atoms with van der Waals surface area (Å²) in [5.74, 6) is 0.653. The van der Waals surface area contributed by atoms with Crippen molar-refractivity contribution >= 4 is 17.3 Å². The zero-order chi connectivity index (χ0) is 11.2. The first kappa shape index (κ1) is 11.4. The molecule has 4 nitrogen and oxygen atoms in total. The van der Waals surface area contributed by atoms with E-state index in [9.17, 15) is 0 Å². The lowest BCUT2D eigenvalue weighted by Gasteiger charge is -2.27. The van der Waals surface area contributed by atoms with E-state index in [0.29, 0.717) is 5.96 Å². The second kappa shape index (κ2) is 5.86. The summed E-state index contributed by atoms with van der Waals surface area (Å²) in [6.07, 6.45) is 0.975. The number of nitrogens with zero attached hydrogens (tertiary/aromatic N) is 2. The first-order valence-corrected chi connectivity index (χ1v) is 6.39. The van der Waals surface area contributed by atoms with Gasteiger partial charge in [-0.25, -0.2) is 0 Å². The van der Waals surface area contributed by atoms with Crippen LogP contribution in [-0.4, -0.2) is 43.7 Å². The molecule has 0 aliphatic carbocycles. The van der Waals surface area contributed by atoms with Crippen molar-refractivity contribution in [3.63, 3.8) is 0 Å². The summed E-state index contributed by atoms with van der Waals surface area (Å²) in [6.45, 7) is 3.98. The van der Waals surface area contributed by atoms with Crippen molar-refractivity contribution < 1.29 is 4.74 Å². The Hall–Kier alpha value is -1.07. The Bertz CT molecular complexity index is 331.